The number of nitrogens with zero attached hydrogens (tertiary/aromatic N) is 3. The van der Waals surface area contributed by atoms with Gasteiger partial charge in [-0.15, -0.1) is 0 Å². The molecule has 1 aromatic rings. The smallest absolute Gasteiger partial charge is 0.225 e. The van der Waals surface area contributed by atoms with Crippen molar-refractivity contribution in [3.8, 4) is 0 Å². The fourth-order valence-electron chi connectivity index (χ4n) is 2.12. The van der Waals surface area contributed by atoms with Crippen LogP contribution in [0.3, 0.4) is 0 Å². The SMILES string of the molecule is CC(C)NCC1CCCN1c1ncccn1. The molecule has 88 valence electrons. The number of nitrogens with one attached hydrogen (secondary N) is 1. The zero-order valence-corrected chi connectivity index (χ0v) is 10.1. The van der Waals surface area contributed by atoms with Crippen molar-refractivity contribution in [2.45, 2.75) is 38.8 Å². The topological polar surface area (TPSA) is 41.0 Å². The first kappa shape index (κ1) is 11.3. The predicted octanol–water partition coefficient (Wildman–Crippen LogP) is 1.44. The minimum absolute atomic E-state index is 0.541. The fraction of sp³-hybridized carbons (Fsp3) is 0.667. The molecule has 0 bridgehead atoms. The summed E-state index contributed by atoms with van der Waals surface area (Å²) in [6.45, 7) is 6.46. The summed E-state index contributed by atoms with van der Waals surface area (Å²) in [6, 6.07) is 2.95. The number of hydrogen-bond acceptors (Lipinski definition) is 4. The minimum Gasteiger partial charge on any atom is -0.337 e. The van der Waals surface area contributed by atoms with Gasteiger partial charge in [-0.25, -0.2) is 9.97 Å². The van der Waals surface area contributed by atoms with Gasteiger partial charge in [-0.3, -0.25) is 0 Å². The van der Waals surface area contributed by atoms with E-state index in [1.54, 1.807) is 0 Å². The lowest BCUT2D eigenvalue weighted by Gasteiger charge is -2.25. The van der Waals surface area contributed by atoms with E-state index in [0.29, 0.717) is 12.1 Å². The van der Waals surface area contributed by atoms with Gasteiger partial charge in [0.25, 0.3) is 0 Å². The third-order valence-corrected chi connectivity index (χ3v) is 2.95. The van der Waals surface area contributed by atoms with Gasteiger partial charge in [0.1, 0.15) is 0 Å². The van der Waals surface area contributed by atoms with Crippen LogP contribution in [0.1, 0.15) is 26.7 Å². The van der Waals surface area contributed by atoms with E-state index in [9.17, 15) is 0 Å². The predicted molar refractivity (Wildman–Crippen MR) is 65.5 cm³/mol. The molecule has 16 heavy (non-hydrogen) atoms. The van der Waals surface area contributed by atoms with Crippen LogP contribution in [0.2, 0.25) is 0 Å². The first-order valence-electron chi connectivity index (χ1n) is 6.04. The maximum absolute atomic E-state index is 4.33. The molecule has 4 heteroatoms. The van der Waals surface area contributed by atoms with Crippen LogP contribution in [0.5, 0.6) is 0 Å². The van der Waals surface area contributed by atoms with Crippen molar-refractivity contribution in [3.05, 3.63) is 18.5 Å². The number of rotatable bonds is 4. The van der Waals surface area contributed by atoms with E-state index >= 15 is 0 Å². The van der Waals surface area contributed by atoms with E-state index in [1.165, 1.54) is 12.8 Å². The molecule has 0 amide bonds. The Morgan fingerprint density at radius 1 is 1.44 bits per heavy atom. The molecule has 1 saturated heterocycles. The van der Waals surface area contributed by atoms with Crippen LogP contribution in [0.4, 0.5) is 5.95 Å². The lowest BCUT2D eigenvalue weighted by atomic mass is 10.2. The first-order valence-corrected chi connectivity index (χ1v) is 6.04. The molecule has 1 aliphatic rings. The van der Waals surface area contributed by atoms with Gasteiger partial charge in [-0.1, -0.05) is 13.8 Å². The van der Waals surface area contributed by atoms with Gasteiger partial charge in [-0.05, 0) is 18.9 Å². The second kappa shape index (κ2) is 5.25. The second-order valence-corrected chi connectivity index (χ2v) is 4.60. The normalized spacial score (nSPS) is 20.7. The molecular formula is C12H20N4. The van der Waals surface area contributed by atoms with Crippen molar-refractivity contribution in [2.24, 2.45) is 0 Å². The molecule has 0 aromatic carbocycles. The molecule has 1 aromatic heterocycles. The van der Waals surface area contributed by atoms with E-state index in [2.05, 4.69) is 34.0 Å². The monoisotopic (exact) mass is 220 g/mol. The minimum atomic E-state index is 0.541. The average Bonchev–Trinajstić information content (AvgIpc) is 2.75. The molecular weight excluding hydrogens is 200 g/mol. The van der Waals surface area contributed by atoms with Crippen LogP contribution in [-0.4, -0.2) is 35.1 Å². The van der Waals surface area contributed by atoms with E-state index < -0.39 is 0 Å². The van der Waals surface area contributed by atoms with Gasteiger partial charge in [0.05, 0.1) is 0 Å². The molecule has 1 N–H and O–H groups in total. The van der Waals surface area contributed by atoms with E-state index in [-0.39, 0.29) is 0 Å². The third kappa shape index (κ3) is 2.70. The van der Waals surface area contributed by atoms with Crippen LogP contribution in [0, 0.1) is 0 Å². The number of hydrogen-bond donors (Lipinski definition) is 1. The Balaban J connectivity index is 1.98. The van der Waals surface area contributed by atoms with Crippen molar-refractivity contribution in [1.82, 2.24) is 15.3 Å². The van der Waals surface area contributed by atoms with E-state index in [1.807, 2.05) is 18.5 Å². The summed E-state index contributed by atoms with van der Waals surface area (Å²) in [5.74, 6) is 0.871. The molecule has 0 spiro atoms. The molecule has 1 fully saturated rings. The van der Waals surface area contributed by atoms with E-state index in [0.717, 1.165) is 19.0 Å². The molecule has 2 rings (SSSR count). The Hall–Kier alpha value is -1.16. The molecule has 1 unspecified atom stereocenters. The largest absolute Gasteiger partial charge is 0.337 e. The van der Waals surface area contributed by atoms with Gasteiger partial charge in [0.15, 0.2) is 0 Å². The van der Waals surface area contributed by atoms with Crippen molar-refractivity contribution in [2.75, 3.05) is 18.0 Å². The summed E-state index contributed by atoms with van der Waals surface area (Å²) in [7, 11) is 0. The molecule has 1 atom stereocenters. The Bertz CT molecular complexity index is 312. The Morgan fingerprint density at radius 3 is 2.88 bits per heavy atom. The van der Waals surface area contributed by atoms with Crippen molar-refractivity contribution >= 4 is 5.95 Å². The molecule has 0 saturated carbocycles. The Labute approximate surface area is 97.1 Å². The van der Waals surface area contributed by atoms with Crippen molar-refractivity contribution in [3.63, 3.8) is 0 Å². The third-order valence-electron chi connectivity index (χ3n) is 2.95. The van der Waals surface area contributed by atoms with Gasteiger partial charge in [0, 0.05) is 37.6 Å². The molecule has 2 heterocycles. The van der Waals surface area contributed by atoms with Gasteiger partial charge < -0.3 is 10.2 Å². The van der Waals surface area contributed by atoms with Crippen LogP contribution >= 0.6 is 0 Å². The van der Waals surface area contributed by atoms with Crippen LogP contribution in [0.25, 0.3) is 0 Å². The van der Waals surface area contributed by atoms with Crippen LogP contribution < -0.4 is 10.2 Å². The summed E-state index contributed by atoms with van der Waals surface area (Å²) in [5.41, 5.74) is 0. The summed E-state index contributed by atoms with van der Waals surface area (Å²) in [5, 5.41) is 3.49. The summed E-state index contributed by atoms with van der Waals surface area (Å²) in [4.78, 5) is 11.0. The second-order valence-electron chi connectivity index (χ2n) is 4.60. The summed E-state index contributed by atoms with van der Waals surface area (Å²) in [6.07, 6.45) is 6.10. The number of aromatic nitrogens is 2. The van der Waals surface area contributed by atoms with Crippen molar-refractivity contribution in [1.29, 1.82) is 0 Å². The standard InChI is InChI=1S/C12H20N4/c1-10(2)15-9-11-5-3-8-16(11)12-13-6-4-7-14-12/h4,6-7,10-11,15H,3,5,8-9H2,1-2H3. The van der Waals surface area contributed by atoms with Gasteiger partial charge in [-0.2, -0.15) is 0 Å². The maximum Gasteiger partial charge on any atom is 0.225 e. The average molecular weight is 220 g/mol. The quantitative estimate of drug-likeness (QED) is 0.833. The molecule has 0 aliphatic carbocycles. The highest BCUT2D eigenvalue weighted by molar-refractivity contribution is 5.32. The van der Waals surface area contributed by atoms with E-state index in [4.69, 9.17) is 0 Å². The lowest BCUT2D eigenvalue weighted by molar-refractivity contribution is 0.520. The fourth-order valence-corrected chi connectivity index (χ4v) is 2.12. The molecule has 4 nitrogen and oxygen atoms in total. The summed E-state index contributed by atoms with van der Waals surface area (Å²) >= 11 is 0. The zero-order valence-electron chi connectivity index (χ0n) is 10.1. The zero-order chi connectivity index (χ0) is 11.4. The first-order chi connectivity index (χ1) is 7.77. The van der Waals surface area contributed by atoms with Crippen molar-refractivity contribution < 1.29 is 0 Å². The summed E-state index contributed by atoms with van der Waals surface area (Å²) < 4.78 is 0. The lowest BCUT2D eigenvalue weighted by Crippen LogP contribution is -2.40. The maximum atomic E-state index is 4.33. The van der Waals surface area contributed by atoms with Crippen LogP contribution in [0.15, 0.2) is 18.5 Å². The van der Waals surface area contributed by atoms with Gasteiger partial charge in [0.2, 0.25) is 5.95 Å². The molecule has 0 radical (unpaired) electrons. The highest BCUT2D eigenvalue weighted by Crippen LogP contribution is 2.21. The Morgan fingerprint density at radius 2 is 2.19 bits per heavy atom. The number of anilines is 1. The highest BCUT2D eigenvalue weighted by Gasteiger charge is 2.25. The Kier molecular flexibility index (Phi) is 3.72. The molecule has 1 aliphatic heterocycles. The van der Waals surface area contributed by atoms with Gasteiger partial charge >= 0.3 is 0 Å². The van der Waals surface area contributed by atoms with Crippen LogP contribution in [-0.2, 0) is 0 Å². The highest BCUT2D eigenvalue weighted by atomic mass is 15.3.